The van der Waals surface area contributed by atoms with Gasteiger partial charge in [-0.3, -0.25) is 14.9 Å². The molecule has 1 saturated heterocycles. The molecule has 2 aromatic rings. The van der Waals surface area contributed by atoms with Gasteiger partial charge in [-0.05, 0) is 18.6 Å². The van der Waals surface area contributed by atoms with Crippen molar-refractivity contribution in [3.05, 3.63) is 24.2 Å². The van der Waals surface area contributed by atoms with Crippen molar-refractivity contribution in [2.45, 2.75) is 18.8 Å². The standard InChI is InChI=1S/C11H11N5O2/c12-7-2-3-8(16-10(7)13-5-14-16)6-1-4-9(17)15-11(6)18/h2-3,5-6H,1,4,12H2,(H,15,17,18). The predicted molar refractivity (Wildman–Crippen MR) is 62.5 cm³/mol. The molecule has 3 heterocycles. The molecule has 1 fully saturated rings. The first-order chi connectivity index (χ1) is 8.66. The third-order valence-electron chi connectivity index (χ3n) is 3.08. The summed E-state index contributed by atoms with van der Waals surface area (Å²) in [5, 5.41) is 6.40. The van der Waals surface area contributed by atoms with E-state index in [2.05, 4.69) is 15.4 Å². The number of nitrogens with two attached hydrogens (primary N) is 1. The molecule has 3 rings (SSSR count). The van der Waals surface area contributed by atoms with E-state index < -0.39 is 5.92 Å². The third kappa shape index (κ3) is 1.52. The van der Waals surface area contributed by atoms with Gasteiger partial charge in [0, 0.05) is 6.42 Å². The Bertz CT molecular complexity index is 648. The van der Waals surface area contributed by atoms with Gasteiger partial charge in [-0.1, -0.05) is 0 Å². The number of nitrogen functional groups attached to an aromatic ring is 1. The molecular weight excluding hydrogens is 234 g/mol. The quantitative estimate of drug-likeness (QED) is 0.679. The molecule has 0 radical (unpaired) electrons. The van der Waals surface area contributed by atoms with Crippen molar-refractivity contribution in [3.8, 4) is 0 Å². The van der Waals surface area contributed by atoms with Crippen LogP contribution in [0.25, 0.3) is 5.65 Å². The van der Waals surface area contributed by atoms with Crippen molar-refractivity contribution in [1.29, 1.82) is 0 Å². The Hall–Kier alpha value is -2.44. The molecule has 0 bridgehead atoms. The summed E-state index contributed by atoms with van der Waals surface area (Å²) in [6.07, 6.45) is 2.20. The van der Waals surface area contributed by atoms with Gasteiger partial charge in [-0.25, -0.2) is 9.50 Å². The fourth-order valence-electron chi connectivity index (χ4n) is 2.19. The van der Waals surface area contributed by atoms with E-state index in [1.54, 1.807) is 16.6 Å². The number of hydrogen-bond acceptors (Lipinski definition) is 5. The highest BCUT2D eigenvalue weighted by molar-refractivity contribution is 6.00. The second-order valence-electron chi connectivity index (χ2n) is 4.21. The molecule has 2 aromatic heterocycles. The number of fused-ring (bicyclic) bond motifs is 1. The largest absolute Gasteiger partial charge is 0.396 e. The second-order valence-corrected chi connectivity index (χ2v) is 4.21. The van der Waals surface area contributed by atoms with Crippen molar-refractivity contribution in [3.63, 3.8) is 0 Å². The molecule has 1 unspecified atom stereocenters. The van der Waals surface area contributed by atoms with Crippen LogP contribution in [0.3, 0.4) is 0 Å². The van der Waals surface area contributed by atoms with Crippen molar-refractivity contribution in [2.24, 2.45) is 0 Å². The summed E-state index contributed by atoms with van der Waals surface area (Å²) in [4.78, 5) is 27.0. The molecule has 0 spiro atoms. The Balaban J connectivity index is 2.09. The van der Waals surface area contributed by atoms with Crippen LogP contribution in [-0.2, 0) is 9.59 Å². The Kier molecular flexibility index (Phi) is 2.26. The van der Waals surface area contributed by atoms with E-state index >= 15 is 0 Å². The third-order valence-corrected chi connectivity index (χ3v) is 3.08. The number of carbonyl (C=O) groups is 2. The SMILES string of the molecule is Nc1ccc(C2CCC(=O)NC2=O)n2ncnc12. The lowest BCUT2D eigenvalue weighted by atomic mass is 9.94. The van der Waals surface area contributed by atoms with Crippen LogP contribution in [-0.4, -0.2) is 26.4 Å². The number of carbonyl (C=O) groups excluding carboxylic acids is 2. The van der Waals surface area contributed by atoms with E-state index in [-0.39, 0.29) is 11.8 Å². The van der Waals surface area contributed by atoms with Crippen LogP contribution in [0.5, 0.6) is 0 Å². The molecule has 0 aromatic carbocycles. The molecule has 7 nitrogen and oxygen atoms in total. The lowest BCUT2D eigenvalue weighted by Crippen LogP contribution is -2.40. The number of nitrogens with one attached hydrogen (secondary N) is 1. The van der Waals surface area contributed by atoms with Gasteiger partial charge in [0.2, 0.25) is 11.8 Å². The highest BCUT2D eigenvalue weighted by Gasteiger charge is 2.30. The van der Waals surface area contributed by atoms with E-state index in [0.717, 1.165) is 0 Å². The number of imide groups is 1. The van der Waals surface area contributed by atoms with Gasteiger partial charge in [0.15, 0.2) is 5.65 Å². The van der Waals surface area contributed by atoms with Crippen LogP contribution >= 0.6 is 0 Å². The van der Waals surface area contributed by atoms with Gasteiger partial charge in [-0.2, -0.15) is 5.10 Å². The molecule has 1 aliphatic heterocycles. The molecule has 18 heavy (non-hydrogen) atoms. The smallest absolute Gasteiger partial charge is 0.235 e. The Morgan fingerprint density at radius 3 is 3.00 bits per heavy atom. The molecule has 3 N–H and O–H groups in total. The van der Waals surface area contributed by atoms with Crippen LogP contribution < -0.4 is 11.1 Å². The van der Waals surface area contributed by atoms with Crippen LogP contribution in [0.1, 0.15) is 24.5 Å². The molecule has 0 aliphatic carbocycles. The van der Waals surface area contributed by atoms with Crippen molar-refractivity contribution >= 4 is 23.1 Å². The average molecular weight is 245 g/mol. The summed E-state index contributed by atoms with van der Waals surface area (Å²) in [5.41, 5.74) is 7.50. The van der Waals surface area contributed by atoms with Gasteiger partial charge in [0.05, 0.1) is 17.3 Å². The van der Waals surface area contributed by atoms with Crippen LogP contribution in [0, 0.1) is 0 Å². The maximum atomic E-state index is 11.8. The Morgan fingerprint density at radius 2 is 2.22 bits per heavy atom. The van der Waals surface area contributed by atoms with Crippen molar-refractivity contribution in [2.75, 3.05) is 5.73 Å². The normalized spacial score (nSPS) is 20.1. The first-order valence-corrected chi connectivity index (χ1v) is 5.58. The lowest BCUT2D eigenvalue weighted by Gasteiger charge is -2.21. The van der Waals surface area contributed by atoms with E-state index in [1.165, 1.54) is 6.33 Å². The molecule has 1 aliphatic rings. The molecular formula is C11H11N5O2. The summed E-state index contributed by atoms with van der Waals surface area (Å²) < 4.78 is 1.55. The predicted octanol–water partition coefficient (Wildman–Crippen LogP) is -0.168. The van der Waals surface area contributed by atoms with Gasteiger partial charge in [0.1, 0.15) is 6.33 Å². The minimum absolute atomic E-state index is 0.235. The number of rotatable bonds is 1. The summed E-state index contributed by atoms with van der Waals surface area (Å²) in [5.74, 6) is -0.929. The Morgan fingerprint density at radius 1 is 1.39 bits per heavy atom. The highest BCUT2D eigenvalue weighted by atomic mass is 16.2. The number of amides is 2. The van der Waals surface area contributed by atoms with E-state index in [9.17, 15) is 9.59 Å². The minimum atomic E-state index is -0.396. The zero-order chi connectivity index (χ0) is 12.7. The Labute approximate surface area is 102 Å². The molecule has 1 atom stereocenters. The maximum Gasteiger partial charge on any atom is 0.235 e. The van der Waals surface area contributed by atoms with Crippen molar-refractivity contribution in [1.82, 2.24) is 19.9 Å². The summed E-state index contributed by atoms with van der Waals surface area (Å²) in [6, 6.07) is 3.44. The zero-order valence-corrected chi connectivity index (χ0v) is 9.46. The molecule has 92 valence electrons. The second kappa shape index (κ2) is 3.80. The van der Waals surface area contributed by atoms with Gasteiger partial charge < -0.3 is 5.73 Å². The summed E-state index contributed by atoms with van der Waals surface area (Å²) in [7, 11) is 0. The van der Waals surface area contributed by atoms with Gasteiger partial charge in [-0.15, -0.1) is 0 Å². The first-order valence-electron chi connectivity index (χ1n) is 5.58. The monoisotopic (exact) mass is 245 g/mol. The van der Waals surface area contributed by atoms with Crippen molar-refractivity contribution < 1.29 is 9.59 Å². The van der Waals surface area contributed by atoms with Gasteiger partial charge in [0.25, 0.3) is 0 Å². The van der Waals surface area contributed by atoms with E-state index in [0.29, 0.717) is 29.9 Å². The fraction of sp³-hybridized carbons (Fsp3) is 0.273. The average Bonchev–Trinajstić information content (AvgIpc) is 2.81. The van der Waals surface area contributed by atoms with E-state index in [4.69, 9.17) is 5.73 Å². The number of piperidine rings is 1. The van der Waals surface area contributed by atoms with Crippen LogP contribution in [0.4, 0.5) is 5.69 Å². The highest BCUT2D eigenvalue weighted by Crippen LogP contribution is 2.26. The van der Waals surface area contributed by atoms with E-state index in [1.807, 2.05) is 0 Å². The zero-order valence-electron chi connectivity index (χ0n) is 9.46. The van der Waals surface area contributed by atoms with Crippen LogP contribution in [0.15, 0.2) is 18.5 Å². The number of nitrogens with zero attached hydrogens (tertiary/aromatic N) is 3. The molecule has 7 heteroatoms. The summed E-state index contributed by atoms with van der Waals surface area (Å²) in [6.45, 7) is 0. The fourth-order valence-corrected chi connectivity index (χ4v) is 2.19. The van der Waals surface area contributed by atoms with Crippen LogP contribution in [0.2, 0.25) is 0 Å². The number of anilines is 1. The number of aromatic nitrogens is 3. The minimum Gasteiger partial charge on any atom is -0.396 e. The summed E-state index contributed by atoms with van der Waals surface area (Å²) >= 11 is 0. The number of pyridine rings is 1. The lowest BCUT2D eigenvalue weighted by molar-refractivity contribution is -0.134. The first kappa shape index (κ1) is 10.7. The maximum absolute atomic E-state index is 11.8. The molecule has 0 saturated carbocycles. The topological polar surface area (TPSA) is 102 Å². The van der Waals surface area contributed by atoms with Gasteiger partial charge >= 0.3 is 0 Å². The number of hydrogen-bond donors (Lipinski definition) is 2. The molecule has 2 amide bonds.